The van der Waals surface area contributed by atoms with E-state index in [-0.39, 0.29) is 28.9 Å². The molecule has 5 rings (SSSR count). The maximum atomic E-state index is 13.7. The van der Waals surface area contributed by atoms with Crippen LogP contribution < -0.4 is 10.2 Å². The monoisotopic (exact) mass is 542 g/mol. The molecule has 2 aromatic carbocycles. The molecule has 1 aliphatic rings. The zero-order valence-electron chi connectivity index (χ0n) is 20.5. The van der Waals surface area contributed by atoms with E-state index in [1.807, 2.05) is 0 Å². The number of benzene rings is 2. The van der Waals surface area contributed by atoms with Crippen molar-refractivity contribution < 1.29 is 31.6 Å². The lowest BCUT2D eigenvalue weighted by Gasteiger charge is -2.29. The molecule has 1 aliphatic carbocycles. The summed E-state index contributed by atoms with van der Waals surface area (Å²) in [5.41, 5.74) is -0.327. The minimum Gasteiger partial charge on any atom is -0.464 e. The van der Waals surface area contributed by atoms with Crippen molar-refractivity contribution in [3.63, 3.8) is 0 Å². The highest BCUT2D eigenvalue weighted by Crippen LogP contribution is 2.32. The molecule has 0 aliphatic heterocycles. The van der Waals surface area contributed by atoms with E-state index in [4.69, 9.17) is 4.42 Å². The van der Waals surface area contributed by atoms with Crippen molar-refractivity contribution in [2.24, 2.45) is 0 Å². The van der Waals surface area contributed by atoms with Crippen LogP contribution in [-0.2, 0) is 22.3 Å². The first-order valence-corrected chi connectivity index (χ1v) is 12.0. The molecule has 0 bridgehead atoms. The number of carbonyl (C=O) groups excluding carboxylic acids is 2. The Morgan fingerprint density at radius 2 is 1.77 bits per heavy atom. The molecule has 0 spiro atoms. The Kier molecular flexibility index (Phi) is 6.89. The average molecular weight is 542 g/mol. The number of nitrogens with zero attached hydrogens (tertiary/aromatic N) is 5. The number of furan rings is 1. The van der Waals surface area contributed by atoms with Gasteiger partial charge < -0.3 is 9.73 Å². The van der Waals surface area contributed by atoms with E-state index >= 15 is 0 Å². The van der Waals surface area contributed by atoms with Crippen LogP contribution in [0.2, 0.25) is 0 Å². The molecular formula is C26H22F4N6O3. The summed E-state index contributed by atoms with van der Waals surface area (Å²) in [6.07, 6.45) is -2.86. The predicted molar refractivity (Wildman–Crippen MR) is 129 cm³/mol. The molecule has 39 heavy (non-hydrogen) atoms. The van der Waals surface area contributed by atoms with Gasteiger partial charge in [-0.05, 0) is 73.5 Å². The van der Waals surface area contributed by atoms with E-state index in [1.165, 1.54) is 29.2 Å². The number of nitrogens with one attached hydrogen (secondary N) is 1. The van der Waals surface area contributed by atoms with Gasteiger partial charge in [-0.25, -0.2) is 4.39 Å². The second kappa shape index (κ2) is 10.3. The largest absolute Gasteiger partial charge is 0.464 e. The van der Waals surface area contributed by atoms with Gasteiger partial charge in [0.1, 0.15) is 23.9 Å². The molecule has 2 heterocycles. The molecule has 4 aromatic rings. The fraction of sp³-hybridized carbons (Fsp3) is 0.269. The molecule has 1 N–H and O–H groups in total. The van der Waals surface area contributed by atoms with Crippen LogP contribution in [0.1, 0.15) is 36.0 Å². The van der Waals surface area contributed by atoms with E-state index in [1.54, 1.807) is 19.1 Å². The lowest BCUT2D eigenvalue weighted by atomic mass is 10.1. The van der Waals surface area contributed by atoms with Gasteiger partial charge in [-0.15, -0.1) is 10.2 Å². The number of hydrogen-bond acceptors (Lipinski definition) is 6. The van der Waals surface area contributed by atoms with Gasteiger partial charge in [0.2, 0.25) is 5.82 Å². The van der Waals surface area contributed by atoms with Crippen LogP contribution in [0.3, 0.4) is 0 Å². The van der Waals surface area contributed by atoms with E-state index in [9.17, 15) is 27.2 Å². The van der Waals surface area contributed by atoms with Gasteiger partial charge in [0.05, 0.1) is 5.56 Å². The number of halogens is 4. The number of alkyl halides is 3. The van der Waals surface area contributed by atoms with Gasteiger partial charge >= 0.3 is 6.18 Å². The van der Waals surface area contributed by atoms with Gasteiger partial charge in [0.25, 0.3) is 11.8 Å². The molecular weight excluding hydrogens is 520 g/mol. The number of anilines is 1. The summed E-state index contributed by atoms with van der Waals surface area (Å²) < 4.78 is 58.1. The molecule has 9 nitrogen and oxygen atoms in total. The summed E-state index contributed by atoms with van der Waals surface area (Å²) in [5, 5.41) is 14.7. The van der Waals surface area contributed by atoms with Crippen molar-refractivity contribution in [1.29, 1.82) is 0 Å². The van der Waals surface area contributed by atoms with E-state index in [0.29, 0.717) is 5.76 Å². The summed E-state index contributed by atoms with van der Waals surface area (Å²) in [7, 11) is 0. The molecule has 1 fully saturated rings. The molecule has 202 valence electrons. The van der Waals surface area contributed by atoms with E-state index in [0.717, 1.165) is 41.9 Å². The van der Waals surface area contributed by atoms with Gasteiger partial charge in [0, 0.05) is 17.3 Å². The summed E-state index contributed by atoms with van der Waals surface area (Å²) >= 11 is 0. The third-order valence-corrected chi connectivity index (χ3v) is 6.03. The van der Waals surface area contributed by atoms with Crippen molar-refractivity contribution in [2.45, 2.75) is 44.6 Å². The first kappa shape index (κ1) is 26.1. The zero-order valence-corrected chi connectivity index (χ0v) is 20.5. The number of aromatic nitrogens is 4. The van der Waals surface area contributed by atoms with E-state index < -0.39 is 42.0 Å². The summed E-state index contributed by atoms with van der Waals surface area (Å²) in [6.45, 7) is 1.23. The van der Waals surface area contributed by atoms with Gasteiger partial charge in [-0.2, -0.15) is 18.0 Å². The molecule has 2 aromatic heterocycles. The minimum absolute atomic E-state index is 0.00884. The smallest absolute Gasteiger partial charge is 0.416 e. The van der Waals surface area contributed by atoms with Crippen molar-refractivity contribution in [2.75, 3.05) is 4.90 Å². The zero-order chi connectivity index (χ0) is 27.7. The number of amides is 2. The number of carbonyl (C=O) groups is 2. The summed E-state index contributed by atoms with van der Waals surface area (Å²) in [4.78, 5) is 29.2. The third kappa shape index (κ3) is 5.97. The highest BCUT2D eigenvalue weighted by Gasteiger charge is 2.38. The van der Waals surface area contributed by atoms with Crippen LogP contribution in [0.15, 0.2) is 65.1 Å². The van der Waals surface area contributed by atoms with Crippen LogP contribution in [0.4, 0.5) is 23.2 Å². The van der Waals surface area contributed by atoms with Crippen molar-refractivity contribution >= 4 is 17.5 Å². The standard InChI is InChI=1S/C26H22F4N6O3/c1-15-2-13-21(39-15)23(25(38)31-19-9-10-19)36(20-11-7-18(27)8-12-20)22(37)14-35-33-24(32-34-35)16-3-5-17(6-4-16)26(28,29)30/h2-8,11-13,19,23H,9-10,14H2,1H3,(H,31,38)/t23-/m0/s1. The maximum absolute atomic E-state index is 13.7. The normalized spacial score (nSPS) is 14.2. The summed E-state index contributed by atoms with van der Waals surface area (Å²) in [6, 6.07) is 11.3. The Morgan fingerprint density at radius 1 is 1.08 bits per heavy atom. The van der Waals surface area contributed by atoms with Gasteiger partial charge in [-0.1, -0.05) is 12.1 Å². The lowest BCUT2D eigenvalue weighted by Crippen LogP contribution is -2.45. The highest BCUT2D eigenvalue weighted by molar-refractivity contribution is 6.01. The Bertz CT molecular complexity index is 1480. The van der Waals surface area contributed by atoms with Crippen LogP contribution in [-0.4, -0.2) is 38.1 Å². The molecule has 1 saturated carbocycles. The lowest BCUT2D eigenvalue weighted by molar-refractivity contribution is -0.137. The Balaban J connectivity index is 1.45. The second-order valence-electron chi connectivity index (χ2n) is 9.09. The topological polar surface area (TPSA) is 106 Å². The van der Waals surface area contributed by atoms with Crippen molar-refractivity contribution in [3.8, 4) is 11.4 Å². The molecule has 13 heteroatoms. The molecule has 0 unspecified atom stereocenters. The van der Waals surface area contributed by atoms with Gasteiger partial charge in [-0.3, -0.25) is 14.5 Å². The Labute approximate surface area is 219 Å². The number of rotatable bonds is 8. The fourth-order valence-corrected chi connectivity index (χ4v) is 3.95. The predicted octanol–water partition coefficient (Wildman–Crippen LogP) is 4.45. The van der Waals surface area contributed by atoms with E-state index in [2.05, 4.69) is 20.7 Å². The molecule has 2 amide bonds. The summed E-state index contributed by atoms with van der Waals surface area (Å²) in [5.74, 6) is -0.891. The SMILES string of the molecule is Cc1ccc([C@@H](C(=O)NC2CC2)N(C(=O)Cn2nnc(-c3ccc(C(F)(F)F)cc3)n2)c2ccc(F)cc2)o1. The fourth-order valence-electron chi connectivity index (χ4n) is 3.95. The van der Waals surface area contributed by atoms with Crippen molar-refractivity contribution in [3.05, 3.63) is 83.6 Å². The number of tetrazole rings is 1. The van der Waals surface area contributed by atoms with Crippen molar-refractivity contribution in [1.82, 2.24) is 25.5 Å². The first-order chi connectivity index (χ1) is 18.6. The minimum atomic E-state index is -4.49. The van der Waals surface area contributed by atoms with Crippen LogP contribution in [0.5, 0.6) is 0 Å². The third-order valence-electron chi connectivity index (χ3n) is 6.03. The Morgan fingerprint density at radius 3 is 2.36 bits per heavy atom. The van der Waals surface area contributed by atoms with Crippen LogP contribution in [0.25, 0.3) is 11.4 Å². The van der Waals surface area contributed by atoms with Crippen LogP contribution in [0, 0.1) is 12.7 Å². The van der Waals surface area contributed by atoms with Crippen LogP contribution >= 0.6 is 0 Å². The molecule has 0 radical (unpaired) electrons. The first-order valence-electron chi connectivity index (χ1n) is 12.0. The number of aryl methyl sites for hydroxylation is 1. The highest BCUT2D eigenvalue weighted by atomic mass is 19.4. The second-order valence-corrected chi connectivity index (χ2v) is 9.09. The average Bonchev–Trinajstić information content (AvgIpc) is 3.40. The molecule has 0 saturated heterocycles. The maximum Gasteiger partial charge on any atom is 0.416 e. The quantitative estimate of drug-likeness (QED) is 0.330. The Hall–Kier alpha value is -4.55. The molecule has 1 atom stereocenters. The number of hydrogen-bond donors (Lipinski definition) is 1. The van der Waals surface area contributed by atoms with Gasteiger partial charge in [0.15, 0.2) is 6.04 Å².